The summed E-state index contributed by atoms with van der Waals surface area (Å²) in [5.74, 6) is 1.26. The van der Waals surface area contributed by atoms with Gasteiger partial charge in [-0.05, 0) is 53.6 Å². The number of hydrogen-bond acceptors (Lipinski definition) is 6. The molecule has 2 heterocycles. The number of aromatic nitrogens is 4. The summed E-state index contributed by atoms with van der Waals surface area (Å²) in [5.41, 5.74) is 4.39. The minimum absolute atomic E-state index is 0.0291. The molecule has 1 aromatic heterocycles. The molecule has 0 saturated carbocycles. The van der Waals surface area contributed by atoms with Crippen molar-refractivity contribution in [3.63, 3.8) is 0 Å². The first-order chi connectivity index (χ1) is 15.0. The zero-order chi connectivity index (χ0) is 21.8. The predicted molar refractivity (Wildman–Crippen MR) is 121 cm³/mol. The lowest BCUT2D eigenvalue weighted by molar-refractivity contribution is 0.0930. The zero-order valence-corrected chi connectivity index (χ0v) is 18.5. The molecular weight excluding hydrogens is 412 g/mol. The van der Waals surface area contributed by atoms with E-state index in [1.165, 1.54) is 11.9 Å². The van der Waals surface area contributed by atoms with Crippen molar-refractivity contribution in [3.05, 3.63) is 59.9 Å². The topological polar surface area (TPSA) is 93.0 Å². The van der Waals surface area contributed by atoms with E-state index in [9.17, 15) is 9.00 Å². The average Bonchev–Trinajstić information content (AvgIpc) is 3.30. The van der Waals surface area contributed by atoms with Crippen molar-refractivity contribution in [2.45, 2.75) is 19.9 Å². The monoisotopic (exact) mass is 438 g/mol. The number of amides is 1. The van der Waals surface area contributed by atoms with Crippen molar-refractivity contribution in [3.8, 4) is 16.8 Å². The molecule has 8 nitrogen and oxygen atoms in total. The highest BCUT2D eigenvalue weighted by Crippen LogP contribution is 2.24. The standard InChI is InChI=1S/C22H26N6O2S/c1-16-3-5-18(6-4-16)19-11-20(13-21(12-19)28-15-23-25-26-28)22(29)24-17(2)14-27-7-9-31(30)10-8-27/h3-6,11-13,15,17H,7-10,14H2,1-2H3,(H,24,29)/t17-/m0/s1. The van der Waals surface area contributed by atoms with E-state index < -0.39 is 10.8 Å². The molecule has 2 aromatic carbocycles. The van der Waals surface area contributed by atoms with Crippen molar-refractivity contribution in [2.75, 3.05) is 31.1 Å². The third-order valence-corrected chi connectivity index (χ3v) is 6.63. The molecule has 0 unspecified atom stereocenters. The third-order valence-electron chi connectivity index (χ3n) is 5.36. The molecule has 0 radical (unpaired) electrons. The van der Waals surface area contributed by atoms with E-state index >= 15 is 0 Å². The van der Waals surface area contributed by atoms with Gasteiger partial charge >= 0.3 is 0 Å². The molecule has 162 valence electrons. The Morgan fingerprint density at radius 2 is 1.87 bits per heavy atom. The highest BCUT2D eigenvalue weighted by molar-refractivity contribution is 7.85. The van der Waals surface area contributed by atoms with Crippen molar-refractivity contribution in [2.24, 2.45) is 0 Å². The van der Waals surface area contributed by atoms with Gasteiger partial charge in [0.05, 0.1) is 5.69 Å². The van der Waals surface area contributed by atoms with Gasteiger partial charge in [0.25, 0.3) is 5.91 Å². The number of hydrogen-bond donors (Lipinski definition) is 1. The van der Waals surface area contributed by atoms with Crippen LogP contribution < -0.4 is 5.32 Å². The molecule has 1 aliphatic rings. The van der Waals surface area contributed by atoms with Crippen LogP contribution in [0.25, 0.3) is 16.8 Å². The molecule has 1 saturated heterocycles. The van der Waals surface area contributed by atoms with Gasteiger partial charge < -0.3 is 5.32 Å². The Labute approximate surface area is 184 Å². The maximum Gasteiger partial charge on any atom is 0.251 e. The van der Waals surface area contributed by atoms with Gasteiger partial charge in [-0.25, -0.2) is 4.68 Å². The fraction of sp³-hybridized carbons (Fsp3) is 0.364. The fourth-order valence-electron chi connectivity index (χ4n) is 3.67. The van der Waals surface area contributed by atoms with Gasteiger partial charge in [-0.1, -0.05) is 29.8 Å². The predicted octanol–water partition coefficient (Wildman–Crippen LogP) is 1.82. The number of nitrogens with zero attached hydrogens (tertiary/aromatic N) is 5. The summed E-state index contributed by atoms with van der Waals surface area (Å²) in [6.45, 7) is 6.38. The first kappa shape index (κ1) is 21.3. The van der Waals surface area contributed by atoms with Crippen LogP contribution in [0.3, 0.4) is 0 Å². The second-order valence-electron chi connectivity index (χ2n) is 7.91. The first-order valence-corrected chi connectivity index (χ1v) is 11.8. The number of tetrazole rings is 1. The lowest BCUT2D eigenvalue weighted by Gasteiger charge is -2.29. The summed E-state index contributed by atoms with van der Waals surface area (Å²) < 4.78 is 13.1. The van der Waals surface area contributed by atoms with Crippen LogP contribution in [0.4, 0.5) is 0 Å². The lowest BCUT2D eigenvalue weighted by atomic mass is 10.0. The van der Waals surface area contributed by atoms with E-state index in [1.54, 1.807) is 10.7 Å². The van der Waals surface area contributed by atoms with Gasteiger partial charge in [-0.2, -0.15) is 0 Å². The van der Waals surface area contributed by atoms with Gasteiger partial charge in [-0.3, -0.25) is 13.9 Å². The summed E-state index contributed by atoms with van der Waals surface area (Å²) in [4.78, 5) is 15.3. The lowest BCUT2D eigenvalue weighted by Crippen LogP contribution is -2.46. The number of carbonyl (C=O) groups is 1. The maximum atomic E-state index is 13.1. The molecule has 1 amide bonds. The van der Waals surface area contributed by atoms with Gasteiger partial charge in [0, 0.05) is 53.5 Å². The van der Waals surface area contributed by atoms with E-state index in [4.69, 9.17) is 0 Å². The molecule has 1 N–H and O–H groups in total. The largest absolute Gasteiger partial charge is 0.348 e. The van der Waals surface area contributed by atoms with E-state index in [-0.39, 0.29) is 11.9 Å². The molecule has 0 aliphatic carbocycles. The molecule has 0 spiro atoms. The molecule has 4 rings (SSSR count). The highest BCUT2D eigenvalue weighted by atomic mass is 32.2. The molecule has 31 heavy (non-hydrogen) atoms. The van der Waals surface area contributed by atoms with E-state index in [0.717, 1.165) is 36.4 Å². The Balaban J connectivity index is 1.55. The average molecular weight is 439 g/mol. The summed E-state index contributed by atoms with van der Waals surface area (Å²) in [6, 6.07) is 13.8. The maximum absolute atomic E-state index is 13.1. The quantitative estimate of drug-likeness (QED) is 0.631. The van der Waals surface area contributed by atoms with Crippen LogP contribution in [0, 0.1) is 6.92 Å². The SMILES string of the molecule is Cc1ccc(-c2cc(C(=O)N[C@@H](C)CN3CCS(=O)CC3)cc(-n3cnnn3)c2)cc1. The van der Waals surface area contributed by atoms with Crippen LogP contribution in [0.2, 0.25) is 0 Å². The molecule has 1 aliphatic heterocycles. The zero-order valence-electron chi connectivity index (χ0n) is 17.7. The van der Waals surface area contributed by atoms with Crippen LogP contribution in [-0.4, -0.2) is 72.4 Å². The molecule has 0 bridgehead atoms. The van der Waals surface area contributed by atoms with Crippen LogP contribution in [0.1, 0.15) is 22.8 Å². The normalized spacial score (nSPS) is 16.2. The van der Waals surface area contributed by atoms with Crippen molar-refractivity contribution in [1.82, 2.24) is 30.4 Å². The molecule has 3 aromatic rings. The van der Waals surface area contributed by atoms with Crippen LogP contribution in [-0.2, 0) is 10.8 Å². The van der Waals surface area contributed by atoms with Crippen molar-refractivity contribution in [1.29, 1.82) is 0 Å². The van der Waals surface area contributed by atoms with E-state index in [1.807, 2.05) is 50.2 Å². The minimum Gasteiger partial charge on any atom is -0.348 e. The third kappa shape index (κ3) is 5.42. The smallest absolute Gasteiger partial charge is 0.251 e. The van der Waals surface area contributed by atoms with Gasteiger partial charge in [0.2, 0.25) is 0 Å². The van der Waals surface area contributed by atoms with Gasteiger partial charge in [0.15, 0.2) is 0 Å². The number of rotatable bonds is 6. The molecule has 9 heteroatoms. The van der Waals surface area contributed by atoms with Gasteiger partial charge in [-0.15, -0.1) is 5.10 Å². The first-order valence-electron chi connectivity index (χ1n) is 10.3. The second kappa shape index (κ2) is 9.49. The summed E-state index contributed by atoms with van der Waals surface area (Å²) >= 11 is 0. The summed E-state index contributed by atoms with van der Waals surface area (Å²) in [6.07, 6.45) is 1.51. The van der Waals surface area contributed by atoms with Crippen molar-refractivity contribution < 1.29 is 9.00 Å². The van der Waals surface area contributed by atoms with Gasteiger partial charge in [0.1, 0.15) is 6.33 Å². The number of aryl methyl sites for hydroxylation is 1. The van der Waals surface area contributed by atoms with E-state index in [0.29, 0.717) is 17.1 Å². The summed E-state index contributed by atoms with van der Waals surface area (Å²) in [7, 11) is -0.704. The molecule has 1 fully saturated rings. The Kier molecular flexibility index (Phi) is 6.53. The van der Waals surface area contributed by atoms with Crippen LogP contribution in [0.15, 0.2) is 48.8 Å². The Morgan fingerprint density at radius 3 is 2.55 bits per heavy atom. The molecular formula is C22H26N6O2S. The number of nitrogens with one attached hydrogen (secondary N) is 1. The number of benzene rings is 2. The Bertz CT molecular complexity index is 1060. The molecule has 1 atom stereocenters. The second-order valence-corrected chi connectivity index (χ2v) is 9.61. The van der Waals surface area contributed by atoms with Crippen LogP contribution in [0.5, 0.6) is 0 Å². The highest BCUT2D eigenvalue weighted by Gasteiger charge is 2.19. The van der Waals surface area contributed by atoms with Crippen molar-refractivity contribution >= 4 is 16.7 Å². The Hall–Kier alpha value is -2.91. The van der Waals surface area contributed by atoms with E-state index in [2.05, 4.69) is 25.7 Å². The minimum atomic E-state index is -0.704. The number of carbonyl (C=O) groups excluding carboxylic acids is 1. The Morgan fingerprint density at radius 1 is 1.13 bits per heavy atom. The summed E-state index contributed by atoms with van der Waals surface area (Å²) in [5, 5.41) is 14.5. The fourth-order valence-corrected chi connectivity index (χ4v) is 4.79. The van der Waals surface area contributed by atoms with Crippen LogP contribution >= 0.6 is 0 Å².